The molecule has 9 heteroatoms. The van der Waals surface area contributed by atoms with E-state index in [0.29, 0.717) is 31.6 Å². The van der Waals surface area contributed by atoms with Crippen LogP contribution in [0.2, 0.25) is 0 Å². The fourth-order valence-electron chi connectivity index (χ4n) is 3.45. The number of piperidine rings is 1. The first-order chi connectivity index (χ1) is 14.2. The van der Waals surface area contributed by atoms with E-state index < -0.39 is 11.6 Å². The van der Waals surface area contributed by atoms with Gasteiger partial charge in [0.05, 0.1) is 18.1 Å². The fourth-order valence-corrected chi connectivity index (χ4v) is 3.45. The molecule has 1 fully saturated rings. The van der Waals surface area contributed by atoms with Crippen LogP contribution in [0.5, 0.6) is 0 Å². The minimum atomic E-state index is -0.702. The molecule has 2 aromatic rings. The molecule has 1 saturated heterocycles. The van der Waals surface area contributed by atoms with Gasteiger partial charge >= 0.3 is 6.03 Å². The average Bonchev–Trinajstić information content (AvgIpc) is 2.72. The summed E-state index contributed by atoms with van der Waals surface area (Å²) in [5.74, 6) is -1.07. The van der Waals surface area contributed by atoms with E-state index in [1.54, 1.807) is 11.9 Å². The molecule has 0 radical (unpaired) electrons. The van der Waals surface area contributed by atoms with Gasteiger partial charge in [0.1, 0.15) is 11.6 Å². The standard InChI is InChI=1S/C21H25F2N5O2/c1-13(2)20(29)28-6-4-17(5-7-28)27(3)21(30)26-19-12-24-18(11-25-19)14-8-15(22)10-16(23)9-14/h8-13,17H,4-7H2,1-3H3,(H,25,26,30). The van der Waals surface area contributed by atoms with Gasteiger partial charge in [0.15, 0.2) is 5.82 Å². The van der Waals surface area contributed by atoms with Crippen LogP contribution in [0.25, 0.3) is 11.3 Å². The first-order valence-electron chi connectivity index (χ1n) is 9.85. The van der Waals surface area contributed by atoms with Gasteiger partial charge in [-0.2, -0.15) is 0 Å². The maximum Gasteiger partial charge on any atom is 0.323 e. The SMILES string of the molecule is CC(C)C(=O)N1CCC(N(C)C(=O)Nc2cnc(-c3cc(F)cc(F)c3)cn2)CC1. The number of amides is 3. The molecule has 160 valence electrons. The van der Waals surface area contributed by atoms with E-state index in [2.05, 4.69) is 15.3 Å². The van der Waals surface area contributed by atoms with Gasteiger partial charge in [-0.25, -0.2) is 18.6 Å². The fraction of sp³-hybridized carbons (Fsp3) is 0.429. The molecule has 1 aromatic carbocycles. The maximum atomic E-state index is 13.4. The van der Waals surface area contributed by atoms with Gasteiger partial charge in [0.2, 0.25) is 5.91 Å². The van der Waals surface area contributed by atoms with Crippen molar-refractivity contribution in [3.8, 4) is 11.3 Å². The number of hydrogen-bond donors (Lipinski definition) is 1. The quantitative estimate of drug-likeness (QED) is 0.826. The molecule has 0 saturated carbocycles. The van der Waals surface area contributed by atoms with Gasteiger partial charge in [0, 0.05) is 43.7 Å². The van der Waals surface area contributed by atoms with Crippen molar-refractivity contribution in [3.05, 3.63) is 42.2 Å². The van der Waals surface area contributed by atoms with E-state index >= 15 is 0 Å². The zero-order valence-electron chi connectivity index (χ0n) is 17.2. The first-order valence-corrected chi connectivity index (χ1v) is 9.85. The Hall–Kier alpha value is -3.10. The lowest BCUT2D eigenvalue weighted by Crippen LogP contribution is -2.49. The van der Waals surface area contributed by atoms with Gasteiger partial charge in [-0.05, 0) is 25.0 Å². The first kappa shape index (κ1) is 21.6. The summed E-state index contributed by atoms with van der Waals surface area (Å²) in [5, 5.41) is 2.68. The molecule has 0 spiro atoms. The second-order valence-corrected chi connectivity index (χ2v) is 7.70. The summed E-state index contributed by atoms with van der Waals surface area (Å²) in [7, 11) is 1.71. The summed E-state index contributed by atoms with van der Waals surface area (Å²) in [5.41, 5.74) is 0.555. The number of benzene rings is 1. The number of halogens is 2. The molecule has 30 heavy (non-hydrogen) atoms. The number of anilines is 1. The smallest absolute Gasteiger partial charge is 0.323 e. The van der Waals surface area contributed by atoms with Crippen LogP contribution in [0.3, 0.4) is 0 Å². The van der Waals surface area contributed by atoms with E-state index in [9.17, 15) is 18.4 Å². The summed E-state index contributed by atoms with van der Waals surface area (Å²) >= 11 is 0. The maximum absolute atomic E-state index is 13.4. The summed E-state index contributed by atoms with van der Waals surface area (Å²) in [6.07, 6.45) is 4.10. The van der Waals surface area contributed by atoms with Crippen molar-refractivity contribution in [3.63, 3.8) is 0 Å². The number of carbonyl (C=O) groups is 2. The molecule has 2 heterocycles. The summed E-state index contributed by atoms with van der Waals surface area (Å²) in [6.45, 7) is 5.01. The third kappa shape index (κ3) is 5.08. The van der Waals surface area contributed by atoms with Gasteiger partial charge in [-0.3, -0.25) is 15.1 Å². The van der Waals surface area contributed by atoms with Crippen molar-refractivity contribution in [1.82, 2.24) is 19.8 Å². The van der Waals surface area contributed by atoms with E-state index in [4.69, 9.17) is 0 Å². The highest BCUT2D eigenvalue weighted by Gasteiger charge is 2.28. The second kappa shape index (κ2) is 9.15. The van der Waals surface area contributed by atoms with Crippen molar-refractivity contribution < 1.29 is 18.4 Å². The van der Waals surface area contributed by atoms with Crippen molar-refractivity contribution in [2.45, 2.75) is 32.7 Å². The Bertz CT molecular complexity index is 892. The monoisotopic (exact) mass is 417 g/mol. The van der Waals surface area contributed by atoms with Crippen LogP contribution in [-0.4, -0.2) is 57.9 Å². The Morgan fingerprint density at radius 3 is 2.27 bits per heavy atom. The molecule has 0 atom stereocenters. The summed E-state index contributed by atoms with van der Waals surface area (Å²) in [4.78, 5) is 36.3. The molecule has 1 aliphatic rings. The number of hydrogen-bond acceptors (Lipinski definition) is 4. The molecular formula is C21H25F2N5O2. The molecule has 1 N–H and O–H groups in total. The predicted octanol–water partition coefficient (Wildman–Crippen LogP) is 3.53. The van der Waals surface area contributed by atoms with Crippen LogP contribution in [0.4, 0.5) is 19.4 Å². The Morgan fingerprint density at radius 2 is 1.73 bits per heavy atom. The number of rotatable bonds is 4. The van der Waals surface area contributed by atoms with E-state index in [-0.39, 0.29) is 35.3 Å². The molecule has 0 bridgehead atoms. The van der Waals surface area contributed by atoms with Crippen molar-refractivity contribution in [1.29, 1.82) is 0 Å². The van der Waals surface area contributed by atoms with Crippen molar-refractivity contribution in [2.24, 2.45) is 5.92 Å². The second-order valence-electron chi connectivity index (χ2n) is 7.70. The number of aromatic nitrogens is 2. The Morgan fingerprint density at radius 1 is 1.10 bits per heavy atom. The lowest BCUT2D eigenvalue weighted by Gasteiger charge is -2.37. The summed E-state index contributed by atoms with van der Waals surface area (Å²) < 4.78 is 26.7. The highest BCUT2D eigenvalue weighted by Crippen LogP contribution is 2.21. The minimum Gasteiger partial charge on any atom is -0.342 e. The molecule has 3 amide bonds. The van der Waals surface area contributed by atoms with E-state index in [1.165, 1.54) is 12.4 Å². The van der Waals surface area contributed by atoms with E-state index in [0.717, 1.165) is 18.2 Å². The third-order valence-electron chi connectivity index (χ3n) is 5.18. The van der Waals surface area contributed by atoms with Crippen LogP contribution < -0.4 is 5.32 Å². The molecule has 3 rings (SSSR count). The summed E-state index contributed by atoms with van der Waals surface area (Å²) in [6, 6.07) is 2.79. The van der Waals surface area contributed by atoms with Crippen LogP contribution in [0.1, 0.15) is 26.7 Å². The normalized spacial score (nSPS) is 14.7. The van der Waals surface area contributed by atoms with E-state index in [1.807, 2.05) is 18.7 Å². The van der Waals surface area contributed by atoms with Gasteiger partial charge in [-0.1, -0.05) is 13.8 Å². The molecule has 0 unspecified atom stereocenters. The molecule has 1 aromatic heterocycles. The Balaban J connectivity index is 1.57. The number of urea groups is 1. The predicted molar refractivity (Wildman–Crippen MR) is 109 cm³/mol. The molecular weight excluding hydrogens is 392 g/mol. The van der Waals surface area contributed by atoms with Crippen molar-refractivity contribution >= 4 is 17.8 Å². The highest BCUT2D eigenvalue weighted by molar-refractivity contribution is 5.88. The van der Waals surface area contributed by atoms with Crippen LogP contribution in [0.15, 0.2) is 30.6 Å². The largest absolute Gasteiger partial charge is 0.342 e. The average molecular weight is 417 g/mol. The van der Waals surface area contributed by atoms with Gasteiger partial charge in [-0.15, -0.1) is 0 Å². The highest BCUT2D eigenvalue weighted by atomic mass is 19.1. The number of carbonyl (C=O) groups excluding carboxylic acids is 2. The molecule has 0 aliphatic carbocycles. The van der Waals surface area contributed by atoms with Gasteiger partial charge in [0.25, 0.3) is 0 Å². The Kier molecular flexibility index (Phi) is 6.59. The number of likely N-dealkylation sites (tertiary alicyclic amines) is 1. The zero-order valence-corrected chi connectivity index (χ0v) is 17.2. The number of nitrogens with zero attached hydrogens (tertiary/aromatic N) is 4. The minimum absolute atomic E-state index is 0.0173. The third-order valence-corrected chi connectivity index (χ3v) is 5.18. The Labute approximate surface area is 174 Å². The lowest BCUT2D eigenvalue weighted by atomic mass is 10.0. The lowest BCUT2D eigenvalue weighted by molar-refractivity contribution is -0.135. The zero-order chi connectivity index (χ0) is 21.8. The van der Waals surface area contributed by atoms with Crippen LogP contribution in [0, 0.1) is 17.6 Å². The van der Waals surface area contributed by atoms with Gasteiger partial charge < -0.3 is 9.80 Å². The van der Waals surface area contributed by atoms with Crippen molar-refractivity contribution in [2.75, 3.05) is 25.5 Å². The molecule has 7 nitrogen and oxygen atoms in total. The van der Waals surface area contributed by atoms with Crippen LogP contribution in [-0.2, 0) is 4.79 Å². The number of nitrogens with one attached hydrogen (secondary N) is 1. The topological polar surface area (TPSA) is 78.4 Å². The molecule has 1 aliphatic heterocycles. The van der Waals surface area contributed by atoms with Crippen LogP contribution >= 0.6 is 0 Å².